The van der Waals surface area contributed by atoms with Gasteiger partial charge in [-0.25, -0.2) is 0 Å². The molecule has 1 atom stereocenters. The third-order valence-corrected chi connectivity index (χ3v) is 3.85. The van der Waals surface area contributed by atoms with Crippen molar-refractivity contribution in [2.75, 3.05) is 0 Å². The van der Waals surface area contributed by atoms with Crippen LogP contribution in [0.5, 0.6) is 0 Å². The molecule has 0 spiro atoms. The van der Waals surface area contributed by atoms with E-state index in [0.717, 1.165) is 18.4 Å². The third kappa shape index (κ3) is 2.61. The molecule has 1 nitrogen and oxygen atoms in total. The number of benzene rings is 2. The molecule has 0 saturated heterocycles. The van der Waals surface area contributed by atoms with Crippen molar-refractivity contribution in [3.8, 4) is 11.1 Å². The van der Waals surface area contributed by atoms with Crippen LogP contribution in [0.1, 0.15) is 24.5 Å². The number of aliphatic hydroxyl groups is 1. The van der Waals surface area contributed by atoms with Crippen molar-refractivity contribution in [2.45, 2.75) is 18.9 Å². The van der Waals surface area contributed by atoms with Crippen molar-refractivity contribution in [1.29, 1.82) is 0 Å². The molecule has 2 aromatic rings. The lowest BCUT2D eigenvalue weighted by Gasteiger charge is -2.18. The Morgan fingerprint density at radius 1 is 0.789 bits per heavy atom. The maximum absolute atomic E-state index is 10.3. The molecule has 0 saturated carbocycles. The van der Waals surface area contributed by atoms with E-state index in [1.54, 1.807) is 0 Å². The maximum atomic E-state index is 10.3. The summed E-state index contributed by atoms with van der Waals surface area (Å²) in [6, 6.07) is 18.6. The molecule has 1 N–H and O–H groups in total. The average Bonchev–Trinajstić information content (AvgIpc) is 3.02. The zero-order chi connectivity index (χ0) is 13.1. The first kappa shape index (κ1) is 12.2. The lowest BCUT2D eigenvalue weighted by atomic mass is 9.92. The van der Waals surface area contributed by atoms with Crippen LogP contribution >= 0.6 is 0 Å². The van der Waals surface area contributed by atoms with Gasteiger partial charge in [-0.2, -0.15) is 0 Å². The molecule has 0 aliphatic heterocycles. The molecule has 1 aliphatic carbocycles. The van der Waals surface area contributed by atoms with Crippen molar-refractivity contribution in [1.82, 2.24) is 0 Å². The molecule has 1 aliphatic rings. The Labute approximate surface area is 114 Å². The first-order chi connectivity index (χ1) is 9.34. The summed E-state index contributed by atoms with van der Waals surface area (Å²) in [6.45, 7) is 0. The van der Waals surface area contributed by atoms with Gasteiger partial charge >= 0.3 is 0 Å². The zero-order valence-electron chi connectivity index (χ0n) is 10.9. The Morgan fingerprint density at radius 3 is 2.00 bits per heavy atom. The molecule has 1 heteroatoms. The number of hydrogen-bond donors (Lipinski definition) is 1. The van der Waals surface area contributed by atoms with Crippen LogP contribution in [0.25, 0.3) is 11.1 Å². The average molecular weight is 250 g/mol. The van der Waals surface area contributed by atoms with Crippen LogP contribution in [0.4, 0.5) is 0 Å². The van der Waals surface area contributed by atoms with Crippen LogP contribution in [-0.2, 0) is 0 Å². The monoisotopic (exact) mass is 250 g/mol. The van der Waals surface area contributed by atoms with Gasteiger partial charge in [0.2, 0.25) is 0 Å². The van der Waals surface area contributed by atoms with Gasteiger partial charge < -0.3 is 5.11 Å². The van der Waals surface area contributed by atoms with Crippen molar-refractivity contribution in [3.05, 3.63) is 72.3 Å². The van der Waals surface area contributed by atoms with Gasteiger partial charge in [-0.05, 0) is 35.4 Å². The van der Waals surface area contributed by atoms with E-state index >= 15 is 0 Å². The molecule has 3 rings (SSSR count). The Balaban J connectivity index is 1.79. The fraction of sp³-hybridized carbons (Fsp3) is 0.222. The Hall–Kier alpha value is -1.86. The highest BCUT2D eigenvalue weighted by Crippen LogP contribution is 2.32. The van der Waals surface area contributed by atoms with Crippen LogP contribution in [-0.4, -0.2) is 5.11 Å². The van der Waals surface area contributed by atoms with E-state index in [1.165, 1.54) is 11.1 Å². The van der Waals surface area contributed by atoms with E-state index in [1.807, 2.05) is 30.3 Å². The Morgan fingerprint density at radius 2 is 1.37 bits per heavy atom. The third-order valence-electron chi connectivity index (χ3n) is 3.85. The highest BCUT2D eigenvalue weighted by atomic mass is 16.3. The van der Waals surface area contributed by atoms with Gasteiger partial charge in [-0.15, -0.1) is 0 Å². The summed E-state index contributed by atoms with van der Waals surface area (Å²) in [6.07, 6.45) is 5.95. The molecule has 1 unspecified atom stereocenters. The number of hydrogen-bond acceptors (Lipinski definition) is 1. The SMILES string of the molecule is OC(c1ccc(-c2ccccc2)cc1)C1CC=CC1. The van der Waals surface area contributed by atoms with Crippen molar-refractivity contribution < 1.29 is 5.11 Å². The second kappa shape index (κ2) is 5.41. The lowest BCUT2D eigenvalue weighted by Crippen LogP contribution is -2.08. The molecule has 96 valence electrons. The molecule has 0 heterocycles. The summed E-state index contributed by atoms with van der Waals surface area (Å²) < 4.78 is 0. The van der Waals surface area contributed by atoms with Gasteiger partial charge in [0.25, 0.3) is 0 Å². The first-order valence-corrected chi connectivity index (χ1v) is 6.83. The summed E-state index contributed by atoms with van der Waals surface area (Å²) in [5, 5.41) is 10.3. The molecule has 19 heavy (non-hydrogen) atoms. The standard InChI is InChI=1S/C18H18O/c19-18(16-8-4-5-9-16)17-12-10-15(11-13-17)14-6-2-1-3-7-14/h1-7,10-13,16,18-19H,8-9H2. The molecular weight excluding hydrogens is 232 g/mol. The quantitative estimate of drug-likeness (QED) is 0.803. The predicted octanol–water partition coefficient (Wildman–Crippen LogP) is 4.35. The second-order valence-electron chi connectivity index (χ2n) is 5.14. The fourth-order valence-corrected chi connectivity index (χ4v) is 2.67. The first-order valence-electron chi connectivity index (χ1n) is 6.83. The minimum atomic E-state index is -0.347. The van der Waals surface area contributed by atoms with Gasteiger partial charge in [0.05, 0.1) is 6.10 Å². The zero-order valence-corrected chi connectivity index (χ0v) is 10.9. The highest BCUT2D eigenvalue weighted by Gasteiger charge is 2.21. The second-order valence-corrected chi connectivity index (χ2v) is 5.14. The van der Waals surface area contributed by atoms with Gasteiger partial charge in [0.15, 0.2) is 0 Å². The smallest absolute Gasteiger partial charge is 0.0824 e. The van der Waals surface area contributed by atoms with E-state index in [4.69, 9.17) is 0 Å². The largest absolute Gasteiger partial charge is 0.388 e. The topological polar surface area (TPSA) is 20.2 Å². The van der Waals surface area contributed by atoms with Crippen LogP contribution in [0, 0.1) is 5.92 Å². The van der Waals surface area contributed by atoms with Gasteiger partial charge in [-0.3, -0.25) is 0 Å². The van der Waals surface area contributed by atoms with Gasteiger partial charge in [0, 0.05) is 0 Å². The van der Waals surface area contributed by atoms with E-state index in [0.29, 0.717) is 5.92 Å². The summed E-state index contributed by atoms with van der Waals surface area (Å²) in [5.74, 6) is 0.350. The predicted molar refractivity (Wildman–Crippen MR) is 78.7 cm³/mol. The maximum Gasteiger partial charge on any atom is 0.0824 e. The van der Waals surface area contributed by atoms with Crippen LogP contribution in [0.2, 0.25) is 0 Å². The fourth-order valence-electron chi connectivity index (χ4n) is 2.67. The summed E-state index contributed by atoms with van der Waals surface area (Å²) in [5.41, 5.74) is 3.43. The normalized spacial score (nSPS) is 16.7. The van der Waals surface area contributed by atoms with Crippen molar-refractivity contribution in [2.24, 2.45) is 5.92 Å². The minimum absolute atomic E-state index is 0.347. The van der Waals surface area contributed by atoms with E-state index in [2.05, 4.69) is 36.4 Å². The highest BCUT2D eigenvalue weighted by molar-refractivity contribution is 5.63. The number of allylic oxidation sites excluding steroid dienone is 2. The lowest BCUT2D eigenvalue weighted by molar-refractivity contribution is 0.115. The molecule has 0 aromatic heterocycles. The van der Waals surface area contributed by atoms with Crippen LogP contribution in [0.15, 0.2) is 66.7 Å². The van der Waals surface area contributed by atoms with E-state index in [-0.39, 0.29) is 6.10 Å². The molecule has 0 fully saturated rings. The summed E-state index contributed by atoms with van der Waals surface area (Å²) in [4.78, 5) is 0. The van der Waals surface area contributed by atoms with Crippen molar-refractivity contribution >= 4 is 0 Å². The van der Waals surface area contributed by atoms with Gasteiger partial charge in [0.1, 0.15) is 0 Å². The van der Waals surface area contributed by atoms with E-state index < -0.39 is 0 Å². The molecule has 0 bridgehead atoms. The van der Waals surface area contributed by atoms with Crippen molar-refractivity contribution in [3.63, 3.8) is 0 Å². The van der Waals surface area contributed by atoms with Crippen LogP contribution in [0.3, 0.4) is 0 Å². The minimum Gasteiger partial charge on any atom is -0.388 e. The molecule has 2 aromatic carbocycles. The van der Waals surface area contributed by atoms with E-state index in [9.17, 15) is 5.11 Å². The number of rotatable bonds is 3. The molecular formula is C18H18O. The Kier molecular flexibility index (Phi) is 3.47. The Bertz CT molecular complexity index is 546. The molecule has 0 amide bonds. The van der Waals surface area contributed by atoms with Gasteiger partial charge in [-0.1, -0.05) is 66.7 Å². The number of aliphatic hydroxyl groups excluding tert-OH is 1. The summed E-state index contributed by atoms with van der Waals surface area (Å²) in [7, 11) is 0. The van der Waals surface area contributed by atoms with Crippen LogP contribution < -0.4 is 0 Å². The molecule has 0 radical (unpaired) electrons. The summed E-state index contributed by atoms with van der Waals surface area (Å²) >= 11 is 0.